The van der Waals surface area contributed by atoms with E-state index in [1.165, 1.54) is 0 Å². The van der Waals surface area contributed by atoms with Gasteiger partial charge in [0.15, 0.2) is 0 Å². The maximum atomic E-state index is 4.55. The largest absolute Gasteiger partial charge is 0.338 e. The topological polar surface area (TPSA) is 47.7 Å². The van der Waals surface area contributed by atoms with Crippen molar-refractivity contribution in [2.24, 2.45) is 13.0 Å². The zero-order chi connectivity index (χ0) is 13.7. The zero-order valence-electron chi connectivity index (χ0n) is 12.0. The molecule has 2 heterocycles. The van der Waals surface area contributed by atoms with Gasteiger partial charge in [0.05, 0.1) is 5.69 Å². The molecule has 1 N–H and O–H groups in total. The maximum Gasteiger partial charge on any atom is 0.110 e. The Morgan fingerprint density at radius 3 is 2.84 bits per heavy atom. The highest BCUT2D eigenvalue weighted by molar-refractivity contribution is 4.99. The summed E-state index contributed by atoms with van der Waals surface area (Å²) in [5.74, 6) is 1.76. The molecule has 5 nitrogen and oxygen atoms in total. The first-order valence-corrected chi connectivity index (χ1v) is 6.84. The van der Waals surface area contributed by atoms with Crippen LogP contribution in [0.5, 0.6) is 0 Å². The molecule has 0 amide bonds. The van der Waals surface area contributed by atoms with Gasteiger partial charge in [-0.05, 0) is 18.5 Å². The van der Waals surface area contributed by atoms with E-state index in [4.69, 9.17) is 0 Å². The molecule has 19 heavy (non-hydrogen) atoms. The SMILES string of the molecule is CC(C)CNCc1ccn(CCc2nccn2C)n1. The van der Waals surface area contributed by atoms with E-state index in [9.17, 15) is 0 Å². The number of rotatable bonds is 7. The van der Waals surface area contributed by atoms with Crippen molar-refractivity contribution in [3.05, 3.63) is 36.2 Å². The van der Waals surface area contributed by atoms with Crippen molar-refractivity contribution in [2.45, 2.75) is 33.4 Å². The van der Waals surface area contributed by atoms with E-state index in [0.717, 1.165) is 37.6 Å². The first-order chi connectivity index (χ1) is 9.15. The van der Waals surface area contributed by atoms with E-state index in [1.807, 2.05) is 30.3 Å². The highest BCUT2D eigenvalue weighted by atomic mass is 15.3. The number of imidazole rings is 1. The van der Waals surface area contributed by atoms with Gasteiger partial charge in [-0.2, -0.15) is 5.10 Å². The summed E-state index contributed by atoms with van der Waals surface area (Å²) in [5.41, 5.74) is 1.10. The van der Waals surface area contributed by atoms with Crippen LogP contribution in [0.4, 0.5) is 0 Å². The lowest BCUT2D eigenvalue weighted by Crippen LogP contribution is -2.19. The van der Waals surface area contributed by atoms with Crippen LogP contribution in [-0.4, -0.2) is 25.9 Å². The predicted octanol–water partition coefficient (Wildman–Crippen LogP) is 1.60. The average Bonchev–Trinajstić information content (AvgIpc) is 2.95. The Morgan fingerprint density at radius 1 is 1.32 bits per heavy atom. The van der Waals surface area contributed by atoms with Crippen molar-refractivity contribution < 1.29 is 0 Å². The number of aromatic nitrogens is 4. The number of aryl methyl sites for hydroxylation is 3. The first kappa shape index (κ1) is 13.8. The summed E-state index contributed by atoms with van der Waals surface area (Å²) in [4.78, 5) is 4.32. The molecule has 2 rings (SSSR count). The third-order valence-corrected chi connectivity index (χ3v) is 3.04. The quantitative estimate of drug-likeness (QED) is 0.823. The van der Waals surface area contributed by atoms with Crippen molar-refractivity contribution in [3.8, 4) is 0 Å². The molecule has 0 aromatic carbocycles. The Balaban J connectivity index is 1.79. The van der Waals surface area contributed by atoms with Crippen LogP contribution in [0.15, 0.2) is 24.7 Å². The highest BCUT2D eigenvalue weighted by Gasteiger charge is 2.02. The summed E-state index contributed by atoms with van der Waals surface area (Å²) in [6.45, 7) is 7.15. The van der Waals surface area contributed by atoms with E-state index >= 15 is 0 Å². The molecule has 0 fully saturated rings. The van der Waals surface area contributed by atoms with Crippen LogP contribution in [-0.2, 0) is 26.6 Å². The second-order valence-electron chi connectivity index (χ2n) is 5.30. The summed E-state index contributed by atoms with van der Waals surface area (Å²) in [6.07, 6.45) is 6.75. The molecule has 2 aromatic rings. The Hall–Kier alpha value is -1.62. The summed E-state index contributed by atoms with van der Waals surface area (Å²) in [7, 11) is 2.02. The van der Waals surface area contributed by atoms with Crippen LogP contribution < -0.4 is 5.32 Å². The molecule has 0 aliphatic rings. The molecule has 5 heteroatoms. The van der Waals surface area contributed by atoms with Crippen LogP contribution in [0.1, 0.15) is 25.4 Å². The minimum atomic E-state index is 0.672. The molecule has 0 saturated carbocycles. The Labute approximate surface area is 114 Å². The molecule has 0 saturated heterocycles. The number of hydrogen-bond donors (Lipinski definition) is 1. The molecule has 2 aromatic heterocycles. The second-order valence-corrected chi connectivity index (χ2v) is 5.30. The van der Waals surface area contributed by atoms with E-state index in [0.29, 0.717) is 5.92 Å². The third-order valence-electron chi connectivity index (χ3n) is 3.04. The first-order valence-electron chi connectivity index (χ1n) is 6.84. The van der Waals surface area contributed by atoms with Crippen molar-refractivity contribution in [2.75, 3.05) is 6.54 Å². The molecule has 0 aliphatic heterocycles. The van der Waals surface area contributed by atoms with E-state index < -0.39 is 0 Å². The number of nitrogens with zero attached hydrogens (tertiary/aromatic N) is 4. The lowest BCUT2D eigenvalue weighted by Gasteiger charge is -2.05. The molecule has 0 radical (unpaired) electrons. The Kier molecular flexibility index (Phi) is 4.74. The lowest BCUT2D eigenvalue weighted by molar-refractivity contribution is 0.536. The van der Waals surface area contributed by atoms with Crippen LogP contribution in [0, 0.1) is 5.92 Å². The second kappa shape index (κ2) is 6.52. The van der Waals surface area contributed by atoms with Crippen LogP contribution in [0.2, 0.25) is 0 Å². The monoisotopic (exact) mass is 261 g/mol. The van der Waals surface area contributed by atoms with E-state index in [2.05, 4.69) is 39.9 Å². The molecule has 0 unspecified atom stereocenters. The Morgan fingerprint density at radius 2 is 2.16 bits per heavy atom. The zero-order valence-corrected chi connectivity index (χ0v) is 12.0. The van der Waals surface area contributed by atoms with Gasteiger partial charge in [-0.3, -0.25) is 4.68 Å². The van der Waals surface area contributed by atoms with Crippen molar-refractivity contribution in [3.63, 3.8) is 0 Å². The van der Waals surface area contributed by atoms with Gasteiger partial charge in [0.25, 0.3) is 0 Å². The molecule has 0 aliphatic carbocycles. The summed E-state index contributed by atoms with van der Waals surface area (Å²) in [6, 6.07) is 2.08. The van der Waals surface area contributed by atoms with Gasteiger partial charge in [0.1, 0.15) is 5.82 Å². The highest BCUT2D eigenvalue weighted by Crippen LogP contribution is 2.00. The Bertz CT molecular complexity index is 497. The fourth-order valence-corrected chi connectivity index (χ4v) is 1.96. The molecular formula is C14H23N5. The van der Waals surface area contributed by atoms with Crippen LogP contribution >= 0.6 is 0 Å². The van der Waals surface area contributed by atoms with Gasteiger partial charge in [0, 0.05) is 45.1 Å². The minimum Gasteiger partial charge on any atom is -0.338 e. The maximum absolute atomic E-state index is 4.55. The minimum absolute atomic E-state index is 0.672. The van der Waals surface area contributed by atoms with Crippen LogP contribution in [0.25, 0.3) is 0 Å². The van der Waals surface area contributed by atoms with Crippen LogP contribution in [0.3, 0.4) is 0 Å². The van der Waals surface area contributed by atoms with Gasteiger partial charge in [-0.1, -0.05) is 13.8 Å². The number of nitrogens with one attached hydrogen (secondary N) is 1. The van der Waals surface area contributed by atoms with Gasteiger partial charge in [0.2, 0.25) is 0 Å². The van der Waals surface area contributed by atoms with E-state index in [-0.39, 0.29) is 0 Å². The van der Waals surface area contributed by atoms with Crippen molar-refractivity contribution in [1.82, 2.24) is 24.6 Å². The molecule has 0 bridgehead atoms. The lowest BCUT2D eigenvalue weighted by atomic mass is 10.2. The predicted molar refractivity (Wildman–Crippen MR) is 75.7 cm³/mol. The molecular weight excluding hydrogens is 238 g/mol. The summed E-state index contributed by atoms with van der Waals surface area (Å²) in [5, 5.41) is 7.95. The molecule has 104 valence electrons. The fraction of sp³-hybridized carbons (Fsp3) is 0.571. The third kappa shape index (κ3) is 4.21. The summed E-state index contributed by atoms with van der Waals surface area (Å²) < 4.78 is 4.04. The standard InChI is InChI=1S/C14H23N5/c1-12(2)10-15-11-13-4-7-19(17-13)8-5-14-16-6-9-18(14)3/h4,6-7,9,12,15H,5,8,10-11H2,1-3H3. The number of hydrogen-bond acceptors (Lipinski definition) is 3. The summed E-state index contributed by atoms with van der Waals surface area (Å²) >= 11 is 0. The normalized spacial score (nSPS) is 11.4. The smallest absolute Gasteiger partial charge is 0.110 e. The van der Waals surface area contributed by atoms with Gasteiger partial charge >= 0.3 is 0 Å². The van der Waals surface area contributed by atoms with Gasteiger partial charge in [-0.15, -0.1) is 0 Å². The van der Waals surface area contributed by atoms with Crippen molar-refractivity contribution in [1.29, 1.82) is 0 Å². The molecule has 0 spiro atoms. The van der Waals surface area contributed by atoms with Gasteiger partial charge < -0.3 is 9.88 Å². The van der Waals surface area contributed by atoms with E-state index in [1.54, 1.807) is 0 Å². The molecule has 0 atom stereocenters. The van der Waals surface area contributed by atoms with Crippen molar-refractivity contribution >= 4 is 0 Å². The average molecular weight is 261 g/mol. The fourth-order valence-electron chi connectivity index (χ4n) is 1.96. The van der Waals surface area contributed by atoms with Gasteiger partial charge in [-0.25, -0.2) is 4.98 Å².